The van der Waals surface area contributed by atoms with Crippen LogP contribution in [0, 0.1) is 0 Å². The van der Waals surface area contributed by atoms with Crippen molar-refractivity contribution in [2.75, 3.05) is 13.2 Å². The number of hydrogen-bond acceptors (Lipinski definition) is 5. The lowest BCUT2D eigenvalue weighted by Crippen LogP contribution is -2.09. The zero-order valence-corrected chi connectivity index (χ0v) is 15.8. The van der Waals surface area contributed by atoms with Crippen LogP contribution in [-0.2, 0) is 16.1 Å². The van der Waals surface area contributed by atoms with Crippen LogP contribution in [0.1, 0.15) is 22.6 Å². The number of carboxylic acid groups (broad SMARTS) is 1. The van der Waals surface area contributed by atoms with E-state index >= 15 is 0 Å². The number of benzene rings is 2. The molecule has 0 aliphatic heterocycles. The van der Waals surface area contributed by atoms with Gasteiger partial charge >= 0.3 is 5.97 Å². The molecule has 0 bridgehead atoms. The SMILES string of the molecule is O=C(O)COc1cccc(C/C=N/OCC(c2ccccc2)c2cccnc2)c1. The van der Waals surface area contributed by atoms with Crippen molar-refractivity contribution in [1.29, 1.82) is 0 Å². The first-order valence-electron chi connectivity index (χ1n) is 9.24. The molecule has 1 unspecified atom stereocenters. The highest BCUT2D eigenvalue weighted by Gasteiger charge is 2.14. The van der Waals surface area contributed by atoms with E-state index in [4.69, 9.17) is 14.7 Å². The van der Waals surface area contributed by atoms with Crippen LogP contribution in [-0.4, -0.2) is 35.5 Å². The number of oxime groups is 1. The van der Waals surface area contributed by atoms with Crippen LogP contribution in [0.5, 0.6) is 5.75 Å². The molecule has 0 aliphatic carbocycles. The molecular formula is C23H22N2O4. The first kappa shape index (κ1) is 20.1. The van der Waals surface area contributed by atoms with Gasteiger partial charge in [0.15, 0.2) is 6.61 Å². The van der Waals surface area contributed by atoms with Crippen LogP contribution in [0.4, 0.5) is 0 Å². The topological polar surface area (TPSA) is 81.0 Å². The molecule has 29 heavy (non-hydrogen) atoms. The molecule has 6 heteroatoms. The minimum Gasteiger partial charge on any atom is -0.482 e. The van der Waals surface area contributed by atoms with Crippen LogP contribution in [0.2, 0.25) is 0 Å². The molecule has 3 rings (SSSR count). The van der Waals surface area contributed by atoms with E-state index in [1.165, 1.54) is 0 Å². The van der Waals surface area contributed by atoms with E-state index in [1.54, 1.807) is 24.5 Å². The van der Waals surface area contributed by atoms with E-state index in [0.29, 0.717) is 18.8 Å². The van der Waals surface area contributed by atoms with E-state index in [2.05, 4.69) is 22.3 Å². The second-order valence-electron chi connectivity index (χ2n) is 6.37. The van der Waals surface area contributed by atoms with E-state index < -0.39 is 5.97 Å². The van der Waals surface area contributed by atoms with Crippen LogP contribution in [0.15, 0.2) is 84.3 Å². The average molecular weight is 390 g/mol. The fourth-order valence-electron chi connectivity index (χ4n) is 2.87. The number of ether oxygens (including phenoxy) is 1. The monoisotopic (exact) mass is 390 g/mol. The van der Waals surface area contributed by atoms with Gasteiger partial charge in [-0.2, -0.15) is 0 Å². The molecule has 0 saturated heterocycles. The second kappa shape index (κ2) is 10.6. The molecule has 1 N–H and O–H groups in total. The van der Waals surface area contributed by atoms with Gasteiger partial charge < -0.3 is 14.7 Å². The van der Waals surface area contributed by atoms with Gasteiger partial charge in [0.25, 0.3) is 0 Å². The van der Waals surface area contributed by atoms with Gasteiger partial charge in [-0.1, -0.05) is 53.7 Å². The lowest BCUT2D eigenvalue weighted by molar-refractivity contribution is -0.139. The number of aliphatic carboxylic acids is 1. The van der Waals surface area contributed by atoms with Crippen LogP contribution >= 0.6 is 0 Å². The number of nitrogens with zero attached hydrogens (tertiary/aromatic N) is 2. The lowest BCUT2D eigenvalue weighted by atomic mass is 9.93. The maximum atomic E-state index is 10.6. The molecule has 0 amide bonds. The summed E-state index contributed by atoms with van der Waals surface area (Å²) in [5, 5.41) is 12.8. The maximum absolute atomic E-state index is 10.6. The van der Waals surface area contributed by atoms with E-state index in [1.807, 2.05) is 48.7 Å². The Labute approximate surface area is 169 Å². The molecule has 1 aromatic heterocycles. The van der Waals surface area contributed by atoms with Crippen molar-refractivity contribution in [1.82, 2.24) is 4.98 Å². The number of rotatable bonds is 10. The molecule has 6 nitrogen and oxygen atoms in total. The summed E-state index contributed by atoms with van der Waals surface area (Å²) in [7, 11) is 0. The predicted octanol–water partition coefficient (Wildman–Crippen LogP) is 3.92. The van der Waals surface area contributed by atoms with Crippen LogP contribution in [0.25, 0.3) is 0 Å². The zero-order chi connectivity index (χ0) is 20.3. The smallest absolute Gasteiger partial charge is 0.341 e. The fourth-order valence-corrected chi connectivity index (χ4v) is 2.87. The summed E-state index contributed by atoms with van der Waals surface area (Å²) < 4.78 is 5.18. The van der Waals surface area contributed by atoms with Gasteiger partial charge in [-0.25, -0.2) is 4.79 Å². The summed E-state index contributed by atoms with van der Waals surface area (Å²) in [6, 6.07) is 21.3. The Morgan fingerprint density at radius 3 is 2.66 bits per heavy atom. The number of carboxylic acids is 1. The molecular weight excluding hydrogens is 368 g/mol. The Kier molecular flexibility index (Phi) is 7.34. The Bertz CT molecular complexity index is 890. The zero-order valence-electron chi connectivity index (χ0n) is 15.8. The molecule has 2 aromatic carbocycles. The molecule has 1 atom stereocenters. The van der Waals surface area contributed by atoms with Crippen LogP contribution < -0.4 is 4.74 Å². The standard InChI is InChI=1S/C23H22N2O4/c26-23(27)17-28-21-10-4-6-18(14-21)11-13-25-29-16-22(19-7-2-1-3-8-19)20-9-5-12-24-15-20/h1-10,12-15,22H,11,16-17H2,(H,26,27)/b25-13+. The van der Waals surface area contributed by atoms with Crippen molar-refractivity contribution in [3.05, 3.63) is 95.8 Å². The third kappa shape index (κ3) is 6.46. The minimum atomic E-state index is -1.01. The quantitative estimate of drug-likeness (QED) is 0.419. The summed E-state index contributed by atoms with van der Waals surface area (Å²) in [4.78, 5) is 20.4. The van der Waals surface area contributed by atoms with Gasteiger partial charge in [0.05, 0.1) is 0 Å². The van der Waals surface area contributed by atoms with Gasteiger partial charge in [-0.3, -0.25) is 4.98 Å². The van der Waals surface area contributed by atoms with E-state index in [0.717, 1.165) is 16.7 Å². The average Bonchev–Trinajstić information content (AvgIpc) is 2.76. The Balaban J connectivity index is 1.57. The van der Waals surface area contributed by atoms with Gasteiger partial charge in [0.1, 0.15) is 12.4 Å². The number of hydrogen-bond donors (Lipinski definition) is 1. The highest BCUT2D eigenvalue weighted by atomic mass is 16.6. The van der Waals surface area contributed by atoms with Gasteiger partial charge in [0.2, 0.25) is 0 Å². The number of carbonyl (C=O) groups is 1. The van der Waals surface area contributed by atoms with Crippen molar-refractivity contribution >= 4 is 12.2 Å². The Morgan fingerprint density at radius 2 is 1.90 bits per heavy atom. The van der Waals surface area contributed by atoms with Crippen molar-refractivity contribution in [2.24, 2.45) is 5.16 Å². The second-order valence-corrected chi connectivity index (χ2v) is 6.37. The summed E-state index contributed by atoms with van der Waals surface area (Å²) >= 11 is 0. The van der Waals surface area contributed by atoms with Crippen LogP contribution in [0.3, 0.4) is 0 Å². The first-order valence-corrected chi connectivity index (χ1v) is 9.24. The molecule has 3 aromatic rings. The summed E-state index contributed by atoms with van der Waals surface area (Å²) in [6.07, 6.45) is 5.82. The molecule has 0 spiro atoms. The summed E-state index contributed by atoms with van der Waals surface area (Å²) in [5.41, 5.74) is 3.16. The summed E-state index contributed by atoms with van der Waals surface area (Å²) in [5.74, 6) is -0.457. The van der Waals surface area contributed by atoms with Crippen molar-refractivity contribution < 1.29 is 19.5 Å². The normalized spacial score (nSPS) is 11.9. The van der Waals surface area contributed by atoms with E-state index in [9.17, 15) is 4.79 Å². The molecule has 0 fully saturated rings. The molecule has 1 heterocycles. The number of aromatic nitrogens is 1. The fraction of sp³-hybridized carbons (Fsp3) is 0.174. The largest absolute Gasteiger partial charge is 0.482 e. The predicted molar refractivity (Wildman–Crippen MR) is 110 cm³/mol. The van der Waals surface area contributed by atoms with Crippen molar-refractivity contribution in [2.45, 2.75) is 12.3 Å². The third-order valence-electron chi connectivity index (χ3n) is 4.27. The van der Waals surface area contributed by atoms with Gasteiger partial charge in [-0.05, 0) is 34.9 Å². The van der Waals surface area contributed by atoms with Crippen molar-refractivity contribution in [3.8, 4) is 5.75 Å². The third-order valence-corrected chi connectivity index (χ3v) is 4.27. The minimum absolute atomic E-state index is 0.0368. The highest BCUT2D eigenvalue weighted by Crippen LogP contribution is 2.24. The molecule has 0 radical (unpaired) electrons. The molecule has 148 valence electrons. The maximum Gasteiger partial charge on any atom is 0.341 e. The Hall–Kier alpha value is -3.67. The van der Waals surface area contributed by atoms with E-state index in [-0.39, 0.29) is 12.5 Å². The highest BCUT2D eigenvalue weighted by molar-refractivity contribution is 5.68. The Morgan fingerprint density at radius 1 is 1.07 bits per heavy atom. The first-order chi connectivity index (χ1) is 14.2. The summed E-state index contributed by atoms with van der Waals surface area (Å²) in [6.45, 7) is 0.0316. The van der Waals surface area contributed by atoms with Gasteiger partial charge in [-0.15, -0.1) is 0 Å². The van der Waals surface area contributed by atoms with Gasteiger partial charge in [0, 0.05) is 30.9 Å². The van der Waals surface area contributed by atoms with Crippen molar-refractivity contribution in [3.63, 3.8) is 0 Å². The number of pyridine rings is 1. The molecule has 0 saturated carbocycles. The molecule has 0 aliphatic rings. The lowest BCUT2D eigenvalue weighted by Gasteiger charge is -2.16.